The molecule has 1 atom stereocenters. The number of ether oxygens (including phenoxy) is 1. The number of likely N-dealkylation sites (N-methyl/N-ethyl adjacent to an activating group) is 1. The van der Waals surface area contributed by atoms with E-state index in [-0.39, 0.29) is 11.9 Å². The third-order valence-electron chi connectivity index (χ3n) is 3.08. The average molecular weight is 279 g/mol. The lowest BCUT2D eigenvalue weighted by molar-refractivity contribution is 0.382. The Hall–Kier alpha value is -1.39. The van der Waals surface area contributed by atoms with Crippen LogP contribution in [0.5, 0.6) is 5.75 Å². The van der Waals surface area contributed by atoms with Gasteiger partial charge in [0.05, 0.1) is 7.11 Å². The SMILES string of the molecule is CCNC(Cc1cccc(OC)c1F)c1ccsc1. The molecule has 2 nitrogen and oxygen atoms in total. The molecule has 0 saturated carbocycles. The van der Waals surface area contributed by atoms with Gasteiger partial charge in [-0.15, -0.1) is 0 Å². The molecule has 0 amide bonds. The fraction of sp³-hybridized carbons (Fsp3) is 0.333. The fourth-order valence-electron chi connectivity index (χ4n) is 2.12. The maximum atomic E-state index is 14.2. The summed E-state index contributed by atoms with van der Waals surface area (Å²) in [5, 5.41) is 7.54. The molecule has 1 N–H and O–H groups in total. The first kappa shape index (κ1) is 14.0. The third-order valence-corrected chi connectivity index (χ3v) is 3.78. The number of hydrogen-bond acceptors (Lipinski definition) is 3. The van der Waals surface area contributed by atoms with E-state index in [2.05, 4.69) is 23.7 Å². The van der Waals surface area contributed by atoms with Crippen LogP contribution in [0.2, 0.25) is 0 Å². The zero-order chi connectivity index (χ0) is 13.7. The van der Waals surface area contributed by atoms with Gasteiger partial charge in [-0.25, -0.2) is 4.39 Å². The lowest BCUT2D eigenvalue weighted by Gasteiger charge is -2.18. The molecule has 0 aliphatic carbocycles. The van der Waals surface area contributed by atoms with Crippen molar-refractivity contribution in [3.8, 4) is 5.75 Å². The molecular weight excluding hydrogens is 261 g/mol. The third kappa shape index (κ3) is 3.33. The quantitative estimate of drug-likeness (QED) is 0.868. The Bertz CT molecular complexity index is 513. The zero-order valence-electron chi connectivity index (χ0n) is 11.2. The predicted molar refractivity (Wildman–Crippen MR) is 77.4 cm³/mol. The molecule has 2 rings (SSSR count). The maximum absolute atomic E-state index is 14.2. The van der Waals surface area contributed by atoms with Gasteiger partial charge >= 0.3 is 0 Å². The van der Waals surface area contributed by atoms with Crippen LogP contribution in [-0.2, 0) is 6.42 Å². The van der Waals surface area contributed by atoms with Gasteiger partial charge in [0, 0.05) is 6.04 Å². The van der Waals surface area contributed by atoms with Crippen LogP contribution >= 0.6 is 11.3 Å². The molecule has 0 aliphatic heterocycles. The van der Waals surface area contributed by atoms with Gasteiger partial charge in [0.2, 0.25) is 0 Å². The zero-order valence-corrected chi connectivity index (χ0v) is 12.0. The van der Waals surface area contributed by atoms with E-state index in [0.717, 1.165) is 6.54 Å². The highest BCUT2D eigenvalue weighted by atomic mass is 32.1. The Balaban J connectivity index is 2.22. The summed E-state index contributed by atoms with van der Waals surface area (Å²) in [5.41, 5.74) is 1.88. The number of hydrogen-bond donors (Lipinski definition) is 1. The molecule has 4 heteroatoms. The van der Waals surface area contributed by atoms with Crippen LogP contribution in [0, 0.1) is 5.82 Å². The van der Waals surface area contributed by atoms with Gasteiger partial charge in [-0.1, -0.05) is 19.1 Å². The number of halogens is 1. The van der Waals surface area contributed by atoms with Crippen molar-refractivity contribution in [1.82, 2.24) is 5.32 Å². The van der Waals surface area contributed by atoms with E-state index in [0.29, 0.717) is 17.7 Å². The molecule has 1 aromatic heterocycles. The van der Waals surface area contributed by atoms with Crippen LogP contribution in [0.15, 0.2) is 35.0 Å². The highest BCUT2D eigenvalue weighted by Gasteiger charge is 2.16. The summed E-state index contributed by atoms with van der Waals surface area (Å²) in [6, 6.07) is 7.50. The van der Waals surface area contributed by atoms with E-state index >= 15 is 0 Å². The van der Waals surface area contributed by atoms with Gasteiger partial charge in [-0.05, 0) is 47.0 Å². The fourth-order valence-corrected chi connectivity index (χ4v) is 2.83. The molecule has 0 bridgehead atoms. The van der Waals surface area contributed by atoms with Crippen LogP contribution < -0.4 is 10.1 Å². The summed E-state index contributed by atoms with van der Waals surface area (Å²) in [4.78, 5) is 0. The molecular formula is C15H18FNOS. The van der Waals surface area contributed by atoms with Crippen molar-refractivity contribution < 1.29 is 9.13 Å². The average Bonchev–Trinajstić information content (AvgIpc) is 2.94. The summed E-state index contributed by atoms with van der Waals surface area (Å²) in [7, 11) is 1.49. The highest BCUT2D eigenvalue weighted by Crippen LogP contribution is 2.26. The van der Waals surface area contributed by atoms with Crippen LogP contribution in [0.4, 0.5) is 4.39 Å². The van der Waals surface area contributed by atoms with Crippen molar-refractivity contribution in [2.24, 2.45) is 0 Å². The van der Waals surface area contributed by atoms with Crippen molar-refractivity contribution in [1.29, 1.82) is 0 Å². The topological polar surface area (TPSA) is 21.3 Å². The molecule has 102 valence electrons. The second-order valence-corrected chi connectivity index (χ2v) is 5.08. The van der Waals surface area contributed by atoms with Gasteiger partial charge in [-0.2, -0.15) is 11.3 Å². The molecule has 19 heavy (non-hydrogen) atoms. The standard InChI is InChI=1S/C15H18FNOS/c1-3-17-13(12-7-8-19-10-12)9-11-5-4-6-14(18-2)15(11)16/h4-8,10,13,17H,3,9H2,1-2H3. The van der Waals surface area contributed by atoms with Crippen LogP contribution in [-0.4, -0.2) is 13.7 Å². The normalized spacial score (nSPS) is 12.4. The van der Waals surface area contributed by atoms with Crippen molar-refractivity contribution in [2.45, 2.75) is 19.4 Å². The Kier molecular flexibility index (Phi) is 4.93. The van der Waals surface area contributed by atoms with Crippen LogP contribution in [0.25, 0.3) is 0 Å². The smallest absolute Gasteiger partial charge is 0.168 e. The van der Waals surface area contributed by atoms with Crippen molar-refractivity contribution in [3.05, 3.63) is 52.0 Å². The highest BCUT2D eigenvalue weighted by molar-refractivity contribution is 7.07. The molecule has 0 aliphatic rings. The Morgan fingerprint density at radius 3 is 2.84 bits per heavy atom. The number of thiophene rings is 1. The number of rotatable bonds is 6. The second-order valence-electron chi connectivity index (χ2n) is 4.30. The molecule has 2 aromatic rings. The summed E-state index contributed by atoms with van der Waals surface area (Å²) >= 11 is 1.66. The van der Waals surface area contributed by atoms with Crippen LogP contribution in [0.3, 0.4) is 0 Å². The number of benzene rings is 1. The van der Waals surface area contributed by atoms with Gasteiger partial charge in [0.25, 0.3) is 0 Å². The van der Waals surface area contributed by atoms with Crippen molar-refractivity contribution >= 4 is 11.3 Å². The first-order valence-corrected chi connectivity index (χ1v) is 7.27. The van der Waals surface area contributed by atoms with Crippen molar-refractivity contribution in [3.63, 3.8) is 0 Å². The van der Waals surface area contributed by atoms with E-state index in [9.17, 15) is 4.39 Å². The van der Waals surface area contributed by atoms with E-state index < -0.39 is 0 Å². The van der Waals surface area contributed by atoms with Crippen molar-refractivity contribution in [2.75, 3.05) is 13.7 Å². The largest absolute Gasteiger partial charge is 0.494 e. The molecule has 0 saturated heterocycles. The van der Waals surface area contributed by atoms with E-state index in [1.54, 1.807) is 17.4 Å². The Morgan fingerprint density at radius 1 is 1.37 bits per heavy atom. The lowest BCUT2D eigenvalue weighted by Crippen LogP contribution is -2.22. The van der Waals surface area contributed by atoms with Gasteiger partial charge in [-0.3, -0.25) is 0 Å². The summed E-state index contributed by atoms with van der Waals surface area (Å²) in [6.07, 6.45) is 0.619. The van der Waals surface area contributed by atoms with Gasteiger partial charge in [0.15, 0.2) is 11.6 Å². The van der Waals surface area contributed by atoms with Crippen LogP contribution in [0.1, 0.15) is 24.1 Å². The minimum absolute atomic E-state index is 0.137. The molecule has 0 radical (unpaired) electrons. The predicted octanol–water partition coefficient (Wildman–Crippen LogP) is 3.79. The summed E-state index contributed by atoms with van der Waals surface area (Å²) < 4.78 is 19.2. The maximum Gasteiger partial charge on any atom is 0.168 e. The van der Waals surface area contributed by atoms with E-state index in [4.69, 9.17) is 4.74 Å². The summed E-state index contributed by atoms with van der Waals surface area (Å²) in [6.45, 7) is 2.91. The summed E-state index contributed by atoms with van der Waals surface area (Å²) in [5.74, 6) is 0.0428. The molecule has 1 aromatic carbocycles. The number of nitrogens with one attached hydrogen (secondary N) is 1. The monoisotopic (exact) mass is 279 g/mol. The molecule has 1 unspecified atom stereocenters. The lowest BCUT2D eigenvalue weighted by atomic mass is 10.0. The molecule has 1 heterocycles. The van der Waals surface area contributed by atoms with E-state index in [1.807, 2.05) is 17.5 Å². The van der Waals surface area contributed by atoms with Gasteiger partial charge in [0.1, 0.15) is 0 Å². The Morgan fingerprint density at radius 2 is 2.21 bits per heavy atom. The first-order valence-electron chi connectivity index (χ1n) is 6.33. The second kappa shape index (κ2) is 6.68. The minimum atomic E-state index is -0.261. The number of methoxy groups -OCH3 is 1. The van der Waals surface area contributed by atoms with E-state index in [1.165, 1.54) is 12.7 Å². The molecule has 0 spiro atoms. The van der Waals surface area contributed by atoms with Gasteiger partial charge < -0.3 is 10.1 Å². The molecule has 0 fully saturated rings. The minimum Gasteiger partial charge on any atom is -0.494 e. The first-order chi connectivity index (χ1) is 9.26. The Labute approximate surface area is 117 Å².